The number of hydrogen-bond acceptors (Lipinski definition) is 8. The average molecular weight is 540 g/mol. The van der Waals surface area contributed by atoms with Crippen molar-refractivity contribution in [3.05, 3.63) is 72.1 Å². The number of aliphatic carboxylic acids is 2. The number of imidazole rings is 1. The van der Waals surface area contributed by atoms with Gasteiger partial charge < -0.3 is 34.7 Å². The number of nitrogens with one attached hydrogen (secondary N) is 1. The van der Waals surface area contributed by atoms with Crippen LogP contribution in [0.4, 0.5) is 4.39 Å². The van der Waals surface area contributed by atoms with Gasteiger partial charge >= 0.3 is 11.9 Å². The maximum absolute atomic E-state index is 13.4. The van der Waals surface area contributed by atoms with Gasteiger partial charge in [0.25, 0.3) is 0 Å². The first kappa shape index (κ1) is 27.9. The number of benzene rings is 1. The molecule has 4 N–H and O–H groups in total. The molecule has 4 aromatic rings. The number of ether oxygens (including phenoxy) is 1. The zero-order chi connectivity index (χ0) is 27.9. The minimum absolute atomic E-state index is 0.270. The number of rotatable bonds is 7. The molecule has 0 amide bonds. The summed E-state index contributed by atoms with van der Waals surface area (Å²) in [6.45, 7) is 3.07. The third kappa shape index (κ3) is 7.25. The maximum atomic E-state index is 13.4. The number of aromatic nitrogens is 3. The fourth-order valence-corrected chi connectivity index (χ4v) is 4.58. The van der Waals surface area contributed by atoms with Crippen molar-refractivity contribution in [2.75, 3.05) is 26.7 Å². The first-order valence-electron chi connectivity index (χ1n) is 12.4. The number of methoxy groups -OCH3 is 1. The molecule has 0 bridgehead atoms. The molecule has 12 heteroatoms. The van der Waals surface area contributed by atoms with Crippen LogP contribution >= 0.6 is 0 Å². The number of nitrogens with zero attached hydrogens (tertiary/aromatic N) is 4. The Labute approximate surface area is 223 Å². The Bertz CT molecular complexity index is 1440. The van der Waals surface area contributed by atoms with Crippen LogP contribution in [0.1, 0.15) is 30.2 Å². The van der Waals surface area contributed by atoms with Crippen molar-refractivity contribution >= 4 is 28.5 Å². The number of carboxylic acids is 2. The number of pyridine rings is 2. The van der Waals surface area contributed by atoms with E-state index in [2.05, 4.69) is 20.2 Å². The average Bonchev–Trinajstić information content (AvgIpc) is 3.34. The summed E-state index contributed by atoms with van der Waals surface area (Å²) in [5, 5.41) is 30.3. The molecule has 39 heavy (non-hydrogen) atoms. The smallest absolute Gasteiger partial charge is 0.414 e. The summed E-state index contributed by atoms with van der Waals surface area (Å²) in [5.41, 5.74) is 3.38. The third-order valence-corrected chi connectivity index (χ3v) is 6.58. The van der Waals surface area contributed by atoms with Crippen LogP contribution < -0.4 is 10.1 Å². The summed E-state index contributed by atoms with van der Waals surface area (Å²) >= 11 is 0. The number of halogens is 1. The van der Waals surface area contributed by atoms with Gasteiger partial charge in [-0.2, -0.15) is 0 Å². The normalized spacial score (nSPS) is 15.1. The molecule has 0 saturated carbocycles. The van der Waals surface area contributed by atoms with Crippen LogP contribution in [0.15, 0.2) is 55.0 Å². The second-order valence-electron chi connectivity index (χ2n) is 9.21. The molecule has 206 valence electrons. The van der Waals surface area contributed by atoms with Gasteiger partial charge in [0.15, 0.2) is 0 Å². The first-order valence-corrected chi connectivity index (χ1v) is 12.4. The van der Waals surface area contributed by atoms with Crippen molar-refractivity contribution in [2.24, 2.45) is 0 Å². The van der Waals surface area contributed by atoms with Gasteiger partial charge in [-0.1, -0.05) is 0 Å². The second-order valence-corrected chi connectivity index (χ2v) is 9.21. The molecule has 1 saturated heterocycles. The number of fused-ring (bicyclic) bond motifs is 2. The molecule has 1 atom stereocenters. The van der Waals surface area contributed by atoms with Crippen LogP contribution in [0, 0.1) is 5.82 Å². The monoisotopic (exact) mass is 539 g/mol. The molecule has 0 unspecified atom stereocenters. The summed E-state index contributed by atoms with van der Waals surface area (Å²) in [4.78, 5) is 29.5. The minimum Gasteiger partial charge on any atom is -0.497 e. The predicted molar refractivity (Wildman–Crippen MR) is 140 cm³/mol. The Balaban J connectivity index is 0.000000531. The van der Waals surface area contributed by atoms with Gasteiger partial charge in [-0.15, -0.1) is 0 Å². The number of likely N-dealkylation sites (tertiary alicyclic amines) is 1. The highest BCUT2D eigenvalue weighted by molar-refractivity contribution is 6.27. The number of aliphatic hydroxyl groups is 1. The highest BCUT2D eigenvalue weighted by Gasteiger charge is 2.22. The van der Waals surface area contributed by atoms with Crippen molar-refractivity contribution in [1.82, 2.24) is 24.6 Å². The lowest BCUT2D eigenvalue weighted by atomic mass is 10.0. The standard InChI is InChI=1S/C25H28FN5O2.C2H2O4/c1-33-20-3-4-23-22(12-20)21(6-9-27-23)24(32)16-30-10-7-18(8-11-30)28-13-19-15-31-14-17(26)2-5-25(31)29-19;3-1(4)2(5)6/h2-6,9,12,14-15,18,24,28,32H,7-8,10-11,13,16H2,1H3;(H,3,4)(H,5,6)/t24-;/m0./s1. The molecule has 1 aromatic carbocycles. The SMILES string of the molecule is COc1ccc2nccc([C@@H](O)CN3CCC(NCc4cn5cc(F)ccc5n4)CC3)c2c1.O=C(O)C(=O)O. The molecular formula is C27H30FN5O6. The number of hydrogen-bond donors (Lipinski definition) is 4. The second kappa shape index (κ2) is 12.6. The van der Waals surface area contributed by atoms with Crippen LogP contribution in [-0.4, -0.2) is 79.3 Å². The fourth-order valence-electron chi connectivity index (χ4n) is 4.58. The van der Waals surface area contributed by atoms with Gasteiger partial charge in [-0.05, 0) is 67.9 Å². The lowest BCUT2D eigenvalue weighted by molar-refractivity contribution is -0.159. The predicted octanol–water partition coefficient (Wildman–Crippen LogP) is 2.47. The van der Waals surface area contributed by atoms with Crippen molar-refractivity contribution < 1.29 is 34.0 Å². The van der Waals surface area contributed by atoms with Crippen LogP contribution in [-0.2, 0) is 16.1 Å². The van der Waals surface area contributed by atoms with E-state index in [9.17, 15) is 9.50 Å². The van der Waals surface area contributed by atoms with Crippen LogP contribution in [0.5, 0.6) is 5.75 Å². The Morgan fingerprint density at radius 1 is 1.13 bits per heavy atom. The number of carboxylic acid groups (broad SMARTS) is 2. The van der Waals surface area contributed by atoms with Crippen molar-refractivity contribution in [1.29, 1.82) is 0 Å². The minimum atomic E-state index is -1.82. The van der Waals surface area contributed by atoms with E-state index in [0.29, 0.717) is 19.1 Å². The summed E-state index contributed by atoms with van der Waals surface area (Å²) < 4.78 is 20.4. The summed E-state index contributed by atoms with van der Waals surface area (Å²) in [7, 11) is 1.64. The van der Waals surface area contributed by atoms with E-state index in [1.807, 2.05) is 30.5 Å². The van der Waals surface area contributed by atoms with Gasteiger partial charge in [-0.25, -0.2) is 19.0 Å². The van der Waals surface area contributed by atoms with Gasteiger partial charge in [0.2, 0.25) is 0 Å². The summed E-state index contributed by atoms with van der Waals surface area (Å²) in [6.07, 6.45) is 6.46. The van der Waals surface area contributed by atoms with Crippen LogP contribution in [0.25, 0.3) is 16.6 Å². The van der Waals surface area contributed by atoms with E-state index in [1.54, 1.807) is 23.8 Å². The number of β-amino-alcohol motifs (C(OH)–C–C–N with tert-alkyl or cyclic N) is 1. The number of aliphatic hydroxyl groups excluding tert-OH is 1. The molecule has 4 heterocycles. The van der Waals surface area contributed by atoms with Crippen molar-refractivity contribution in [3.8, 4) is 5.75 Å². The Hall–Kier alpha value is -4.13. The Kier molecular flexibility index (Phi) is 9.02. The van der Waals surface area contributed by atoms with Gasteiger partial charge in [0.05, 0.1) is 24.4 Å². The maximum Gasteiger partial charge on any atom is 0.414 e. The van der Waals surface area contributed by atoms with Crippen molar-refractivity contribution in [3.63, 3.8) is 0 Å². The van der Waals surface area contributed by atoms with E-state index in [1.165, 1.54) is 12.3 Å². The van der Waals surface area contributed by atoms with Crippen LogP contribution in [0.3, 0.4) is 0 Å². The van der Waals surface area contributed by atoms with Gasteiger partial charge in [-0.3, -0.25) is 4.98 Å². The Morgan fingerprint density at radius 3 is 2.56 bits per heavy atom. The zero-order valence-electron chi connectivity index (χ0n) is 21.3. The highest BCUT2D eigenvalue weighted by Crippen LogP contribution is 2.27. The summed E-state index contributed by atoms with van der Waals surface area (Å²) in [6, 6.07) is 11.1. The fraction of sp³-hybridized carbons (Fsp3) is 0.333. The third-order valence-electron chi connectivity index (χ3n) is 6.58. The molecule has 5 rings (SSSR count). The molecule has 0 spiro atoms. The molecule has 1 fully saturated rings. The Morgan fingerprint density at radius 2 is 1.87 bits per heavy atom. The van der Waals surface area contributed by atoms with Crippen molar-refractivity contribution in [2.45, 2.75) is 31.5 Å². The molecular weight excluding hydrogens is 509 g/mol. The molecule has 0 aliphatic carbocycles. The first-order chi connectivity index (χ1) is 18.7. The zero-order valence-corrected chi connectivity index (χ0v) is 21.3. The van der Waals surface area contributed by atoms with Gasteiger partial charge in [0, 0.05) is 43.1 Å². The van der Waals surface area contributed by atoms with E-state index in [0.717, 1.165) is 59.5 Å². The number of piperidine rings is 1. The summed E-state index contributed by atoms with van der Waals surface area (Å²) in [5.74, 6) is -3.16. The largest absolute Gasteiger partial charge is 0.497 e. The van der Waals surface area contributed by atoms with E-state index in [-0.39, 0.29) is 5.82 Å². The lowest BCUT2D eigenvalue weighted by Crippen LogP contribution is -2.43. The quantitative estimate of drug-likeness (QED) is 0.258. The van der Waals surface area contributed by atoms with E-state index in [4.69, 9.17) is 24.5 Å². The molecule has 1 aliphatic heterocycles. The van der Waals surface area contributed by atoms with E-state index < -0.39 is 18.0 Å². The lowest BCUT2D eigenvalue weighted by Gasteiger charge is -2.33. The number of carbonyl (C=O) groups is 2. The molecule has 11 nitrogen and oxygen atoms in total. The van der Waals surface area contributed by atoms with Crippen LogP contribution in [0.2, 0.25) is 0 Å². The molecule has 3 aromatic heterocycles. The van der Waals surface area contributed by atoms with Gasteiger partial charge in [0.1, 0.15) is 17.2 Å². The molecule has 0 radical (unpaired) electrons. The highest BCUT2D eigenvalue weighted by atomic mass is 19.1. The van der Waals surface area contributed by atoms with E-state index >= 15 is 0 Å². The topological polar surface area (TPSA) is 150 Å². The molecule has 1 aliphatic rings.